The highest BCUT2D eigenvalue weighted by Gasteiger charge is 2.27. The Balaban J connectivity index is 2.22. The molecule has 3 heteroatoms. The number of nitrogens with zero attached hydrogens (tertiary/aromatic N) is 1. The maximum atomic E-state index is 12.0. The Hall–Kier alpha value is -1.38. The normalized spacial score (nSPS) is 14.5. The molecule has 1 amide bonds. The number of hydrogen-bond acceptors (Lipinski definition) is 1. The molecule has 0 aliphatic carbocycles. The van der Waals surface area contributed by atoms with Crippen LogP contribution in [0.15, 0.2) is 18.2 Å². The lowest BCUT2D eigenvalue weighted by molar-refractivity contribution is 0.0773. The summed E-state index contributed by atoms with van der Waals surface area (Å²) in [6, 6.07) is 5.87. The minimum absolute atomic E-state index is 0.0524. The second kappa shape index (κ2) is 4.01. The van der Waals surface area contributed by atoms with Gasteiger partial charge >= 0.3 is 0 Å². The predicted molar refractivity (Wildman–Crippen MR) is 56.5 cm³/mol. The third kappa shape index (κ3) is 1.74. The van der Waals surface area contributed by atoms with Gasteiger partial charge in [0.25, 0.3) is 5.91 Å². The Kier molecular flexibility index (Phi) is 2.71. The van der Waals surface area contributed by atoms with Crippen molar-refractivity contribution in [1.82, 2.24) is 4.90 Å². The van der Waals surface area contributed by atoms with Crippen molar-refractivity contribution in [2.75, 3.05) is 13.2 Å². The van der Waals surface area contributed by atoms with Crippen LogP contribution in [0.3, 0.4) is 0 Å². The average molecular weight is 207 g/mol. The van der Waals surface area contributed by atoms with E-state index in [1.807, 2.05) is 25.1 Å². The first-order valence-corrected chi connectivity index (χ1v) is 5.18. The fourth-order valence-electron chi connectivity index (χ4n) is 2.03. The van der Waals surface area contributed by atoms with Crippen LogP contribution in [0.1, 0.15) is 27.9 Å². The van der Waals surface area contributed by atoms with Gasteiger partial charge in [0.2, 0.25) is 0 Å². The molecule has 0 aromatic heterocycles. The molecule has 0 bridgehead atoms. The molecule has 1 aromatic carbocycles. The van der Waals surface area contributed by atoms with Crippen LogP contribution in [0.4, 0.5) is 4.39 Å². The van der Waals surface area contributed by atoms with E-state index in [0.29, 0.717) is 19.5 Å². The molecule has 0 spiro atoms. The molecular weight excluding hydrogens is 193 g/mol. The van der Waals surface area contributed by atoms with Crippen molar-refractivity contribution in [3.63, 3.8) is 0 Å². The first-order chi connectivity index (χ1) is 7.24. The molecule has 0 fully saturated rings. The van der Waals surface area contributed by atoms with Crippen LogP contribution in [-0.4, -0.2) is 24.0 Å². The van der Waals surface area contributed by atoms with Crippen LogP contribution in [-0.2, 0) is 6.54 Å². The summed E-state index contributed by atoms with van der Waals surface area (Å²) < 4.78 is 12.0. The predicted octanol–water partition coefficient (Wildman–Crippen LogP) is 2.31. The number of halogens is 1. The fourth-order valence-corrected chi connectivity index (χ4v) is 2.03. The molecule has 2 nitrogen and oxygen atoms in total. The molecule has 1 aromatic rings. The molecule has 0 saturated carbocycles. The van der Waals surface area contributed by atoms with Crippen LogP contribution >= 0.6 is 0 Å². The van der Waals surface area contributed by atoms with Gasteiger partial charge in [-0.05, 0) is 24.5 Å². The third-order valence-corrected chi connectivity index (χ3v) is 2.78. The SMILES string of the molecule is Cc1cccc2c1C(=O)N(CCCF)C2. The molecule has 0 N–H and O–H groups in total. The first kappa shape index (κ1) is 10.1. The van der Waals surface area contributed by atoms with Crippen molar-refractivity contribution < 1.29 is 9.18 Å². The summed E-state index contributed by atoms with van der Waals surface area (Å²) in [5, 5.41) is 0. The van der Waals surface area contributed by atoms with Gasteiger partial charge in [0.15, 0.2) is 0 Å². The number of aryl methyl sites for hydroxylation is 1. The maximum absolute atomic E-state index is 12.0. The van der Waals surface area contributed by atoms with E-state index < -0.39 is 0 Å². The summed E-state index contributed by atoms with van der Waals surface area (Å²) in [7, 11) is 0. The van der Waals surface area contributed by atoms with E-state index in [0.717, 1.165) is 16.7 Å². The zero-order valence-electron chi connectivity index (χ0n) is 8.79. The maximum Gasteiger partial charge on any atom is 0.254 e. The van der Waals surface area contributed by atoms with E-state index in [4.69, 9.17) is 0 Å². The summed E-state index contributed by atoms with van der Waals surface area (Å²) in [6.45, 7) is 2.73. The summed E-state index contributed by atoms with van der Waals surface area (Å²) >= 11 is 0. The number of carbonyl (C=O) groups excluding carboxylic acids is 1. The highest BCUT2D eigenvalue weighted by Crippen LogP contribution is 2.25. The van der Waals surface area contributed by atoms with E-state index in [2.05, 4.69) is 0 Å². The fraction of sp³-hybridized carbons (Fsp3) is 0.417. The average Bonchev–Trinajstić information content (AvgIpc) is 2.54. The summed E-state index contributed by atoms with van der Waals surface area (Å²) in [5.74, 6) is 0.0524. The highest BCUT2D eigenvalue weighted by atomic mass is 19.1. The summed E-state index contributed by atoms with van der Waals surface area (Å²) in [5.41, 5.74) is 2.90. The molecule has 15 heavy (non-hydrogen) atoms. The number of hydrogen-bond donors (Lipinski definition) is 0. The van der Waals surface area contributed by atoms with Gasteiger partial charge in [0, 0.05) is 18.7 Å². The Morgan fingerprint density at radius 1 is 1.47 bits per heavy atom. The van der Waals surface area contributed by atoms with Crippen LogP contribution in [0.5, 0.6) is 0 Å². The minimum Gasteiger partial charge on any atom is -0.334 e. The Bertz CT molecular complexity index is 389. The van der Waals surface area contributed by atoms with Gasteiger partial charge < -0.3 is 4.90 Å². The van der Waals surface area contributed by atoms with Crippen molar-refractivity contribution in [2.24, 2.45) is 0 Å². The Labute approximate surface area is 88.7 Å². The molecule has 1 aliphatic heterocycles. The van der Waals surface area contributed by atoms with Crippen molar-refractivity contribution in [3.05, 3.63) is 34.9 Å². The van der Waals surface area contributed by atoms with E-state index in [1.165, 1.54) is 0 Å². The molecule has 0 atom stereocenters. The van der Waals surface area contributed by atoms with Crippen molar-refractivity contribution in [1.29, 1.82) is 0 Å². The monoisotopic (exact) mass is 207 g/mol. The van der Waals surface area contributed by atoms with Gasteiger partial charge in [-0.15, -0.1) is 0 Å². The van der Waals surface area contributed by atoms with Crippen molar-refractivity contribution in [3.8, 4) is 0 Å². The summed E-state index contributed by atoms with van der Waals surface area (Å²) in [6.07, 6.45) is 0.429. The minimum atomic E-state index is -0.362. The van der Waals surface area contributed by atoms with Crippen molar-refractivity contribution in [2.45, 2.75) is 19.9 Å². The zero-order chi connectivity index (χ0) is 10.8. The number of benzene rings is 1. The van der Waals surface area contributed by atoms with Crippen LogP contribution < -0.4 is 0 Å². The lowest BCUT2D eigenvalue weighted by Crippen LogP contribution is -2.25. The zero-order valence-corrected chi connectivity index (χ0v) is 8.79. The Morgan fingerprint density at radius 3 is 2.93 bits per heavy atom. The molecule has 1 heterocycles. The Morgan fingerprint density at radius 2 is 2.27 bits per heavy atom. The van der Waals surface area contributed by atoms with Gasteiger partial charge in [-0.3, -0.25) is 9.18 Å². The van der Waals surface area contributed by atoms with E-state index >= 15 is 0 Å². The van der Waals surface area contributed by atoms with Crippen LogP contribution in [0, 0.1) is 6.92 Å². The first-order valence-electron chi connectivity index (χ1n) is 5.18. The van der Waals surface area contributed by atoms with Crippen LogP contribution in [0.25, 0.3) is 0 Å². The molecular formula is C12H14FNO. The number of carbonyl (C=O) groups is 1. The van der Waals surface area contributed by atoms with Gasteiger partial charge in [-0.1, -0.05) is 18.2 Å². The smallest absolute Gasteiger partial charge is 0.254 e. The molecule has 2 rings (SSSR count). The highest BCUT2D eigenvalue weighted by molar-refractivity contribution is 5.99. The standard InChI is InChI=1S/C12H14FNO/c1-9-4-2-5-10-8-14(7-3-6-13)12(15)11(9)10/h2,4-5H,3,6-8H2,1H3. The van der Waals surface area contributed by atoms with E-state index in [1.54, 1.807) is 4.90 Å². The third-order valence-electron chi connectivity index (χ3n) is 2.78. The summed E-state index contributed by atoms with van der Waals surface area (Å²) in [4.78, 5) is 13.6. The molecule has 0 saturated heterocycles. The van der Waals surface area contributed by atoms with Gasteiger partial charge in [-0.2, -0.15) is 0 Å². The van der Waals surface area contributed by atoms with Crippen molar-refractivity contribution >= 4 is 5.91 Å². The van der Waals surface area contributed by atoms with E-state index in [-0.39, 0.29) is 12.6 Å². The molecule has 1 aliphatic rings. The topological polar surface area (TPSA) is 20.3 Å². The number of alkyl halides is 1. The lowest BCUT2D eigenvalue weighted by atomic mass is 10.0. The van der Waals surface area contributed by atoms with Gasteiger partial charge in [0.1, 0.15) is 0 Å². The van der Waals surface area contributed by atoms with Gasteiger partial charge in [0.05, 0.1) is 6.67 Å². The molecule has 80 valence electrons. The second-order valence-corrected chi connectivity index (χ2v) is 3.88. The molecule has 0 unspecified atom stereocenters. The van der Waals surface area contributed by atoms with Crippen LogP contribution in [0.2, 0.25) is 0 Å². The lowest BCUT2D eigenvalue weighted by Gasteiger charge is -2.13. The second-order valence-electron chi connectivity index (χ2n) is 3.88. The number of amides is 1. The quantitative estimate of drug-likeness (QED) is 0.744. The number of fused-ring (bicyclic) bond motifs is 1. The molecule has 0 radical (unpaired) electrons. The number of rotatable bonds is 3. The van der Waals surface area contributed by atoms with E-state index in [9.17, 15) is 9.18 Å². The van der Waals surface area contributed by atoms with Gasteiger partial charge in [-0.25, -0.2) is 0 Å². The largest absolute Gasteiger partial charge is 0.334 e.